The van der Waals surface area contributed by atoms with Crippen LogP contribution in [0.25, 0.3) is 0 Å². The van der Waals surface area contributed by atoms with Crippen LogP contribution in [0.5, 0.6) is 5.75 Å². The van der Waals surface area contributed by atoms with Gasteiger partial charge in [0, 0.05) is 32.6 Å². The van der Waals surface area contributed by atoms with Gasteiger partial charge in [0.15, 0.2) is 0 Å². The Morgan fingerprint density at radius 1 is 1.33 bits per heavy atom. The molecule has 1 unspecified atom stereocenters. The summed E-state index contributed by atoms with van der Waals surface area (Å²) in [6.07, 6.45) is 0. The van der Waals surface area contributed by atoms with Gasteiger partial charge in [-0.25, -0.2) is 0 Å². The van der Waals surface area contributed by atoms with E-state index in [1.807, 2.05) is 36.9 Å². The molecule has 1 aliphatic heterocycles. The van der Waals surface area contributed by atoms with Crippen molar-refractivity contribution in [1.29, 1.82) is 0 Å². The molecular formula is C17H18BrNOS. The Labute approximate surface area is 138 Å². The third kappa shape index (κ3) is 3.28. The first-order valence-corrected chi connectivity index (χ1v) is 8.82. The fourth-order valence-corrected chi connectivity index (χ4v) is 4.18. The van der Waals surface area contributed by atoms with E-state index in [1.165, 1.54) is 10.5 Å². The van der Waals surface area contributed by atoms with Gasteiger partial charge >= 0.3 is 0 Å². The fraction of sp³-hybridized carbons (Fsp3) is 0.294. The minimum Gasteiger partial charge on any atom is -0.493 e. The number of benzene rings is 2. The molecule has 2 atom stereocenters. The second kappa shape index (κ2) is 6.42. The van der Waals surface area contributed by atoms with Crippen molar-refractivity contribution in [2.75, 3.05) is 12.4 Å². The van der Waals surface area contributed by atoms with E-state index in [0.29, 0.717) is 12.5 Å². The molecule has 0 saturated carbocycles. The average Bonchev–Trinajstić information content (AvgIpc) is 2.89. The molecule has 0 aliphatic carbocycles. The van der Waals surface area contributed by atoms with Gasteiger partial charge in [0.05, 0.1) is 6.61 Å². The van der Waals surface area contributed by atoms with E-state index < -0.39 is 0 Å². The van der Waals surface area contributed by atoms with E-state index in [4.69, 9.17) is 10.5 Å². The number of hydrogen-bond acceptors (Lipinski definition) is 3. The summed E-state index contributed by atoms with van der Waals surface area (Å²) in [5.41, 5.74) is 8.49. The maximum absolute atomic E-state index is 6.08. The molecule has 21 heavy (non-hydrogen) atoms. The number of fused-ring (bicyclic) bond motifs is 1. The molecule has 0 spiro atoms. The fourth-order valence-electron chi connectivity index (χ4n) is 2.56. The van der Waals surface area contributed by atoms with Crippen LogP contribution in [0.4, 0.5) is 0 Å². The van der Waals surface area contributed by atoms with Crippen molar-refractivity contribution < 1.29 is 4.74 Å². The van der Waals surface area contributed by atoms with Gasteiger partial charge in [-0.1, -0.05) is 34.1 Å². The highest BCUT2D eigenvalue weighted by molar-refractivity contribution is 9.10. The monoisotopic (exact) mass is 363 g/mol. The first kappa shape index (κ1) is 14.9. The summed E-state index contributed by atoms with van der Waals surface area (Å²) in [4.78, 5) is 1.38. The zero-order valence-corrected chi connectivity index (χ0v) is 14.3. The Morgan fingerprint density at radius 3 is 2.95 bits per heavy atom. The third-order valence-corrected chi connectivity index (χ3v) is 5.45. The number of hydrogen-bond donors (Lipinski definition) is 1. The van der Waals surface area contributed by atoms with E-state index in [2.05, 4.69) is 40.2 Å². The van der Waals surface area contributed by atoms with Crippen molar-refractivity contribution in [2.24, 2.45) is 5.73 Å². The number of ether oxygens (including phenoxy) is 1. The molecule has 110 valence electrons. The van der Waals surface area contributed by atoms with Crippen LogP contribution in [-0.4, -0.2) is 12.4 Å². The molecule has 4 heteroatoms. The Morgan fingerprint density at radius 2 is 2.14 bits per heavy atom. The van der Waals surface area contributed by atoms with Crippen LogP contribution in [-0.2, 0) is 0 Å². The van der Waals surface area contributed by atoms with Gasteiger partial charge in [0.25, 0.3) is 0 Å². The quantitative estimate of drug-likeness (QED) is 0.851. The van der Waals surface area contributed by atoms with Crippen molar-refractivity contribution in [3.05, 3.63) is 58.1 Å². The summed E-state index contributed by atoms with van der Waals surface area (Å²) in [7, 11) is 0. The van der Waals surface area contributed by atoms with E-state index in [1.54, 1.807) is 0 Å². The maximum Gasteiger partial charge on any atom is 0.124 e. The summed E-state index contributed by atoms with van der Waals surface area (Å²) in [6.45, 7) is 2.68. The standard InChI is InChI=1S/C17H18BrNOS/c1-11(19)15-8-13(18)6-7-16(15)20-9-12-10-21-17-5-3-2-4-14(12)17/h2-8,11-12H,9-10,19H2,1H3/t11-,12?/m0/s1. The van der Waals surface area contributed by atoms with Crippen molar-refractivity contribution >= 4 is 27.7 Å². The summed E-state index contributed by atoms with van der Waals surface area (Å²) < 4.78 is 7.11. The van der Waals surface area contributed by atoms with Gasteiger partial charge in [-0.3, -0.25) is 0 Å². The molecule has 0 radical (unpaired) electrons. The Balaban J connectivity index is 1.75. The van der Waals surface area contributed by atoms with Crippen molar-refractivity contribution in [3.8, 4) is 5.75 Å². The maximum atomic E-state index is 6.08. The van der Waals surface area contributed by atoms with Crippen molar-refractivity contribution in [3.63, 3.8) is 0 Å². The van der Waals surface area contributed by atoms with E-state index in [0.717, 1.165) is 21.5 Å². The number of halogens is 1. The zero-order valence-electron chi connectivity index (χ0n) is 11.9. The second-order valence-electron chi connectivity index (χ2n) is 5.33. The lowest BCUT2D eigenvalue weighted by Gasteiger charge is -2.17. The van der Waals surface area contributed by atoms with Crippen molar-refractivity contribution in [1.82, 2.24) is 0 Å². The number of nitrogens with two attached hydrogens (primary N) is 1. The van der Waals surface area contributed by atoms with E-state index >= 15 is 0 Å². The minimum atomic E-state index is -0.0391. The largest absolute Gasteiger partial charge is 0.493 e. The highest BCUT2D eigenvalue weighted by Gasteiger charge is 2.23. The SMILES string of the molecule is C[C@H](N)c1cc(Br)ccc1OCC1CSc2ccccc21. The molecule has 0 bridgehead atoms. The predicted molar refractivity (Wildman–Crippen MR) is 92.1 cm³/mol. The highest BCUT2D eigenvalue weighted by atomic mass is 79.9. The Bertz CT molecular complexity index is 644. The number of rotatable bonds is 4. The number of thioether (sulfide) groups is 1. The van der Waals surface area contributed by atoms with Crippen LogP contribution in [0.15, 0.2) is 51.8 Å². The van der Waals surface area contributed by atoms with Crippen LogP contribution in [0.1, 0.15) is 30.0 Å². The molecule has 2 aromatic rings. The van der Waals surface area contributed by atoms with Gasteiger partial charge < -0.3 is 10.5 Å². The molecular weight excluding hydrogens is 346 g/mol. The summed E-state index contributed by atoms with van der Waals surface area (Å²) >= 11 is 5.40. The average molecular weight is 364 g/mol. The molecule has 0 saturated heterocycles. The lowest BCUT2D eigenvalue weighted by atomic mass is 10.0. The molecule has 0 aromatic heterocycles. The summed E-state index contributed by atoms with van der Waals surface area (Å²) in [6, 6.07) is 14.6. The Hall–Kier alpha value is -0.970. The first-order chi connectivity index (χ1) is 10.1. The van der Waals surface area contributed by atoms with Gasteiger partial charge in [-0.2, -0.15) is 0 Å². The lowest BCUT2D eigenvalue weighted by Crippen LogP contribution is -2.13. The second-order valence-corrected chi connectivity index (χ2v) is 7.31. The van der Waals surface area contributed by atoms with Gasteiger partial charge in [0.2, 0.25) is 0 Å². The van der Waals surface area contributed by atoms with Crippen LogP contribution < -0.4 is 10.5 Å². The molecule has 1 heterocycles. The van der Waals surface area contributed by atoms with Crippen LogP contribution in [0.3, 0.4) is 0 Å². The molecule has 2 nitrogen and oxygen atoms in total. The van der Waals surface area contributed by atoms with E-state index in [9.17, 15) is 0 Å². The predicted octanol–water partition coefficient (Wildman–Crippen LogP) is 4.74. The minimum absolute atomic E-state index is 0.0391. The zero-order chi connectivity index (χ0) is 14.8. The lowest BCUT2D eigenvalue weighted by molar-refractivity contribution is 0.294. The van der Waals surface area contributed by atoms with Crippen molar-refractivity contribution in [2.45, 2.75) is 23.8 Å². The van der Waals surface area contributed by atoms with E-state index in [-0.39, 0.29) is 6.04 Å². The molecule has 3 rings (SSSR count). The third-order valence-electron chi connectivity index (χ3n) is 3.70. The van der Waals surface area contributed by atoms with Gasteiger partial charge in [-0.05, 0) is 36.8 Å². The molecule has 2 aromatic carbocycles. The Kier molecular flexibility index (Phi) is 4.57. The topological polar surface area (TPSA) is 35.2 Å². The molecule has 1 aliphatic rings. The van der Waals surface area contributed by atoms with Gasteiger partial charge in [0.1, 0.15) is 5.75 Å². The van der Waals surface area contributed by atoms with Crippen LogP contribution in [0.2, 0.25) is 0 Å². The smallest absolute Gasteiger partial charge is 0.124 e. The normalized spacial score (nSPS) is 18.3. The highest BCUT2D eigenvalue weighted by Crippen LogP contribution is 2.39. The van der Waals surface area contributed by atoms with Crippen LogP contribution >= 0.6 is 27.7 Å². The summed E-state index contributed by atoms with van der Waals surface area (Å²) in [5, 5.41) is 0. The summed E-state index contributed by atoms with van der Waals surface area (Å²) in [5.74, 6) is 2.43. The first-order valence-electron chi connectivity index (χ1n) is 7.04. The van der Waals surface area contributed by atoms with Gasteiger partial charge in [-0.15, -0.1) is 11.8 Å². The molecule has 0 fully saturated rings. The van der Waals surface area contributed by atoms with Crippen LogP contribution in [0, 0.1) is 0 Å². The molecule has 2 N–H and O–H groups in total. The molecule has 0 amide bonds.